The summed E-state index contributed by atoms with van der Waals surface area (Å²) in [5.74, 6) is -0.894. The van der Waals surface area contributed by atoms with Crippen LogP contribution in [0.25, 0.3) is 0 Å². The van der Waals surface area contributed by atoms with Gasteiger partial charge in [0, 0.05) is 13.1 Å². The number of rotatable bonds is 4. The summed E-state index contributed by atoms with van der Waals surface area (Å²) in [6.45, 7) is 3.63. The van der Waals surface area contributed by atoms with Crippen molar-refractivity contribution in [3.8, 4) is 0 Å². The van der Waals surface area contributed by atoms with Gasteiger partial charge in [-0.1, -0.05) is 6.92 Å². The molecule has 1 heterocycles. The Morgan fingerprint density at radius 1 is 1.20 bits per heavy atom. The van der Waals surface area contributed by atoms with Gasteiger partial charge < -0.3 is 0 Å². The van der Waals surface area contributed by atoms with Crippen LogP contribution in [0.1, 0.15) is 41.0 Å². The normalized spacial score (nSPS) is 16.4. The largest absolute Gasteiger partial charge is 0.277 e. The predicted molar refractivity (Wildman–Crippen MR) is 72.9 cm³/mol. The van der Waals surface area contributed by atoms with Crippen LogP contribution in [0.5, 0.6) is 0 Å². The van der Waals surface area contributed by atoms with Gasteiger partial charge >= 0.3 is 0 Å². The SMILES string of the molecule is CCC(C)NS(=O)(=O)c1ccc2c(c1)C(=O)N(C)C2=O. The first kappa shape index (κ1) is 14.7. The molecule has 1 N–H and O–H groups in total. The molecule has 0 radical (unpaired) electrons. The number of nitrogens with one attached hydrogen (secondary N) is 1. The minimum absolute atomic E-state index is 0.00648. The van der Waals surface area contributed by atoms with Gasteiger partial charge in [0.2, 0.25) is 10.0 Å². The first-order valence-corrected chi connectivity index (χ1v) is 7.75. The number of hydrogen-bond acceptors (Lipinski definition) is 4. The number of fused-ring (bicyclic) bond motifs is 1. The zero-order valence-electron chi connectivity index (χ0n) is 11.5. The van der Waals surface area contributed by atoms with E-state index in [4.69, 9.17) is 0 Å². The molecule has 1 aromatic carbocycles. The molecule has 2 rings (SSSR count). The van der Waals surface area contributed by atoms with Crippen LogP contribution in [0.3, 0.4) is 0 Å². The van der Waals surface area contributed by atoms with Gasteiger partial charge in [-0.25, -0.2) is 13.1 Å². The van der Waals surface area contributed by atoms with Crippen molar-refractivity contribution in [2.24, 2.45) is 0 Å². The summed E-state index contributed by atoms with van der Waals surface area (Å²) in [5.41, 5.74) is 0.365. The zero-order chi connectivity index (χ0) is 15.1. The molecule has 1 aliphatic rings. The Bertz CT molecular complexity index is 682. The second-order valence-corrected chi connectivity index (χ2v) is 6.52. The maximum atomic E-state index is 12.2. The fourth-order valence-electron chi connectivity index (χ4n) is 1.92. The Balaban J connectivity index is 2.43. The second kappa shape index (κ2) is 4.99. The van der Waals surface area contributed by atoms with Crippen molar-refractivity contribution in [1.29, 1.82) is 0 Å². The van der Waals surface area contributed by atoms with Crippen LogP contribution in [-0.4, -0.2) is 38.2 Å². The van der Waals surface area contributed by atoms with E-state index >= 15 is 0 Å². The lowest BCUT2D eigenvalue weighted by Crippen LogP contribution is -2.32. The van der Waals surface area contributed by atoms with E-state index in [1.165, 1.54) is 25.2 Å². The van der Waals surface area contributed by atoms with Crippen LogP contribution in [0.4, 0.5) is 0 Å². The van der Waals surface area contributed by atoms with E-state index in [1.54, 1.807) is 6.92 Å². The highest BCUT2D eigenvalue weighted by atomic mass is 32.2. The van der Waals surface area contributed by atoms with Gasteiger partial charge in [-0.2, -0.15) is 0 Å². The van der Waals surface area contributed by atoms with Crippen LogP contribution in [0.15, 0.2) is 23.1 Å². The molecule has 1 atom stereocenters. The fourth-order valence-corrected chi connectivity index (χ4v) is 3.28. The second-order valence-electron chi connectivity index (χ2n) is 4.81. The summed E-state index contributed by atoms with van der Waals surface area (Å²) in [6.07, 6.45) is 0.657. The first-order chi connectivity index (χ1) is 9.27. The minimum Gasteiger partial charge on any atom is -0.277 e. The van der Waals surface area contributed by atoms with Crippen molar-refractivity contribution in [3.05, 3.63) is 29.3 Å². The number of imide groups is 1. The fraction of sp³-hybridized carbons (Fsp3) is 0.385. The van der Waals surface area contributed by atoms with E-state index in [2.05, 4.69) is 4.72 Å². The molecule has 1 aliphatic heterocycles. The molecule has 0 saturated heterocycles. The Hall–Kier alpha value is -1.73. The number of amides is 2. The van der Waals surface area contributed by atoms with Crippen LogP contribution in [0.2, 0.25) is 0 Å². The first-order valence-electron chi connectivity index (χ1n) is 6.26. The zero-order valence-corrected chi connectivity index (χ0v) is 12.3. The Morgan fingerprint density at radius 3 is 2.40 bits per heavy atom. The molecule has 7 heteroatoms. The minimum atomic E-state index is -3.68. The summed E-state index contributed by atoms with van der Waals surface area (Å²) in [6, 6.07) is 3.77. The van der Waals surface area contributed by atoms with E-state index < -0.39 is 21.8 Å². The number of carbonyl (C=O) groups excluding carboxylic acids is 2. The third kappa shape index (κ3) is 2.34. The van der Waals surface area contributed by atoms with Gasteiger partial charge in [0.15, 0.2) is 0 Å². The molecule has 1 unspecified atom stereocenters. The molecule has 0 fully saturated rings. The van der Waals surface area contributed by atoms with Gasteiger partial charge in [0.1, 0.15) is 0 Å². The lowest BCUT2D eigenvalue weighted by Gasteiger charge is -2.12. The van der Waals surface area contributed by atoms with Crippen molar-refractivity contribution < 1.29 is 18.0 Å². The molecule has 0 bridgehead atoms. The highest BCUT2D eigenvalue weighted by Crippen LogP contribution is 2.24. The van der Waals surface area contributed by atoms with E-state index in [0.29, 0.717) is 6.42 Å². The monoisotopic (exact) mass is 296 g/mol. The van der Waals surface area contributed by atoms with Gasteiger partial charge in [0.05, 0.1) is 16.0 Å². The Morgan fingerprint density at radius 2 is 1.80 bits per heavy atom. The highest BCUT2D eigenvalue weighted by Gasteiger charge is 2.34. The van der Waals surface area contributed by atoms with E-state index in [1.807, 2.05) is 6.92 Å². The molecule has 0 saturated carbocycles. The van der Waals surface area contributed by atoms with Crippen molar-refractivity contribution in [3.63, 3.8) is 0 Å². The van der Waals surface area contributed by atoms with Crippen molar-refractivity contribution in [2.45, 2.75) is 31.2 Å². The van der Waals surface area contributed by atoms with Gasteiger partial charge in [-0.05, 0) is 31.5 Å². The average molecular weight is 296 g/mol. The number of benzene rings is 1. The van der Waals surface area contributed by atoms with E-state index in [-0.39, 0.29) is 22.1 Å². The smallest absolute Gasteiger partial charge is 0.261 e. The summed E-state index contributed by atoms with van der Waals surface area (Å²) >= 11 is 0. The maximum Gasteiger partial charge on any atom is 0.261 e. The van der Waals surface area contributed by atoms with E-state index in [0.717, 1.165) is 4.90 Å². The molecule has 0 aromatic heterocycles. The number of sulfonamides is 1. The maximum absolute atomic E-state index is 12.2. The molecule has 6 nitrogen and oxygen atoms in total. The van der Waals surface area contributed by atoms with Gasteiger partial charge in [-0.15, -0.1) is 0 Å². The lowest BCUT2D eigenvalue weighted by molar-refractivity contribution is 0.0693. The molecule has 0 spiro atoms. The lowest BCUT2D eigenvalue weighted by atomic mass is 10.1. The van der Waals surface area contributed by atoms with Crippen LogP contribution in [0, 0.1) is 0 Å². The summed E-state index contributed by atoms with van der Waals surface area (Å²) in [7, 11) is -2.31. The quantitative estimate of drug-likeness (QED) is 0.840. The van der Waals surface area contributed by atoms with Crippen molar-refractivity contribution >= 4 is 21.8 Å². The van der Waals surface area contributed by atoms with Gasteiger partial charge in [-0.3, -0.25) is 14.5 Å². The molecule has 1 aromatic rings. The molecule has 0 aliphatic carbocycles. The molecular formula is C13H16N2O4S. The van der Waals surface area contributed by atoms with Gasteiger partial charge in [0.25, 0.3) is 11.8 Å². The summed E-state index contributed by atoms with van der Waals surface area (Å²) < 4.78 is 26.8. The predicted octanol–water partition coefficient (Wildman–Crippen LogP) is 0.989. The number of carbonyl (C=O) groups is 2. The summed E-state index contributed by atoms with van der Waals surface area (Å²) in [5, 5.41) is 0. The van der Waals surface area contributed by atoms with Crippen LogP contribution >= 0.6 is 0 Å². The number of nitrogens with zero attached hydrogens (tertiary/aromatic N) is 1. The summed E-state index contributed by atoms with van der Waals surface area (Å²) in [4.78, 5) is 24.6. The third-order valence-electron chi connectivity index (χ3n) is 3.34. The average Bonchev–Trinajstić information content (AvgIpc) is 2.63. The van der Waals surface area contributed by atoms with E-state index in [9.17, 15) is 18.0 Å². The topological polar surface area (TPSA) is 83.6 Å². The third-order valence-corrected chi connectivity index (χ3v) is 4.93. The Labute approximate surface area is 117 Å². The van der Waals surface area contributed by atoms with Crippen molar-refractivity contribution in [1.82, 2.24) is 9.62 Å². The standard InChI is InChI=1S/C13H16N2O4S/c1-4-8(2)14-20(18,19)9-5-6-10-11(7-9)13(17)15(3)12(10)16/h5-8,14H,4H2,1-3H3. The molecule has 2 amide bonds. The molecular weight excluding hydrogens is 280 g/mol. The molecule has 108 valence electrons. The van der Waals surface area contributed by atoms with Crippen molar-refractivity contribution in [2.75, 3.05) is 7.05 Å². The Kier molecular flexibility index (Phi) is 3.66. The number of hydrogen-bond donors (Lipinski definition) is 1. The highest BCUT2D eigenvalue weighted by molar-refractivity contribution is 7.89. The van der Waals surface area contributed by atoms with Crippen LogP contribution in [-0.2, 0) is 10.0 Å². The molecule has 20 heavy (non-hydrogen) atoms. The van der Waals surface area contributed by atoms with Crippen LogP contribution < -0.4 is 4.72 Å².